The Labute approximate surface area is 187 Å². The minimum absolute atomic E-state index is 0.190. The minimum Gasteiger partial charge on any atom is -0.364 e. The number of primary amides is 1. The molecule has 2 aromatic carbocycles. The molecule has 4 rings (SSSR count). The van der Waals surface area contributed by atoms with Crippen LogP contribution in [0.25, 0.3) is 16.5 Å². The molecule has 2 aromatic heterocycles. The number of nitrogens with two attached hydrogens (primary N) is 1. The summed E-state index contributed by atoms with van der Waals surface area (Å²) < 4.78 is 1.50. The van der Waals surface area contributed by atoms with Crippen LogP contribution < -0.4 is 16.6 Å². The quantitative estimate of drug-likeness (QED) is 0.487. The fourth-order valence-electron chi connectivity index (χ4n) is 3.53. The van der Waals surface area contributed by atoms with Gasteiger partial charge in [0.2, 0.25) is 0 Å². The average molecular weight is 448 g/mol. The lowest BCUT2D eigenvalue weighted by molar-refractivity contribution is 0.0916. The van der Waals surface area contributed by atoms with E-state index in [4.69, 9.17) is 17.3 Å². The van der Waals surface area contributed by atoms with E-state index in [1.807, 2.05) is 18.2 Å². The van der Waals surface area contributed by atoms with Gasteiger partial charge in [-0.05, 0) is 36.6 Å². The summed E-state index contributed by atoms with van der Waals surface area (Å²) in [5.74, 6) is -1.50. The van der Waals surface area contributed by atoms with Crippen LogP contribution in [0, 0.1) is 0 Å². The number of aromatic nitrogens is 3. The maximum Gasteiger partial charge on any atom is 0.272 e. The Kier molecular flexibility index (Phi) is 5.70. The number of para-hydroxylation sites is 1. The molecule has 1 atom stereocenters. The van der Waals surface area contributed by atoms with E-state index in [-0.39, 0.29) is 16.9 Å². The van der Waals surface area contributed by atoms with Crippen LogP contribution in [0.2, 0.25) is 5.02 Å². The van der Waals surface area contributed by atoms with Gasteiger partial charge in [-0.15, -0.1) is 0 Å². The zero-order chi connectivity index (χ0) is 22.8. The fraction of sp³-hybridized carbons (Fsp3) is 0.0870. The third kappa shape index (κ3) is 3.83. The predicted molar refractivity (Wildman–Crippen MR) is 121 cm³/mol. The molecule has 9 heteroatoms. The summed E-state index contributed by atoms with van der Waals surface area (Å²) in [6.07, 6.45) is 2.57. The number of benzene rings is 2. The predicted octanol–water partition coefficient (Wildman–Crippen LogP) is 3.02. The van der Waals surface area contributed by atoms with E-state index in [2.05, 4.69) is 15.3 Å². The second kappa shape index (κ2) is 8.60. The molecule has 4 aromatic rings. The van der Waals surface area contributed by atoms with Crippen molar-refractivity contribution < 1.29 is 9.59 Å². The van der Waals surface area contributed by atoms with Crippen LogP contribution in [-0.4, -0.2) is 26.3 Å². The first-order chi connectivity index (χ1) is 15.4. The number of pyridine rings is 1. The Morgan fingerprint density at radius 2 is 1.72 bits per heavy atom. The largest absolute Gasteiger partial charge is 0.364 e. The topological polar surface area (TPSA) is 120 Å². The monoisotopic (exact) mass is 447 g/mol. The molecular weight excluding hydrogens is 430 g/mol. The van der Waals surface area contributed by atoms with Gasteiger partial charge in [0, 0.05) is 23.8 Å². The summed E-state index contributed by atoms with van der Waals surface area (Å²) in [6.45, 7) is 1.73. The van der Waals surface area contributed by atoms with Crippen molar-refractivity contribution in [2.45, 2.75) is 13.0 Å². The number of amides is 2. The van der Waals surface area contributed by atoms with Gasteiger partial charge in [0.25, 0.3) is 17.4 Å². The van der Waals surface area contributed by atoms with Gasteiger partial charge in [0.15, 0.2) is 11.4 Å². The van der Waals surface area contributed by atoms with Crippen molar-refractivity contribution >= 4 is 34.2 Å². The number of nitrogens with one attached hydrogen (secondary N) is 1. The number of carbonyl (C=O) groups is 2. The van der Waals surface area contributed by atoms with Crippen molar-refractivity contribution in [3.05, 3.63) is 99.4 Å². The van der Waals surface area contributed by atoms with Gasteiger partial charge in [-0.1, -0.05) is 41.9 Å². The molecule has 0 bridgehead atoms. The smallest absolute Gasteiger partial charge is 0.272 e. The standard InChI is InChI=1S/C23H18ClN5O3/c1-13(28-22(31)20-19(21(25)30)26-10-11-27-20)17-12-14-6-5-9-16(24)18(14)23(32)29(17)15-7-3-2-4-8-15/h2-13H,1H3,(H2,25,30)(H,28,31)/t13-/m0/s1. The number of nitrogens with zero attached hydrogens (tertiary/aromatic N) is 3. The van der Waals surface area contributed by atoms with Crippen molar-refractivity contribution in [3.63, 3.8) is 0 Å². The van der Waals surface area contributed by atoms with Crippen molar-refractivity contribution in [3.8, 4) is 5.69 Å². The molecule has 32 heavy (non-hydrogen) atoms. The molecule has 0 fully saturated rings. The Hall–Kier alpha value is -4.04. The van der Waals surface area contributed by atoms with Crippen molar-refractivity contribution in [1.82, 2.24) is 19.9 Å². The molecule has 3 N–H and O–H groups in total. The van der Waals surface area contributed by atoms with Crippen molar-refractivity contribution in [2.24, 2.45) is 5.73 Å². The van der Waals surface area contributed by atoms with E-state index in [1.54, 1.807) is 43.3 Å². The van der Waals surface area contributed by atoms with E-state index < -0.39 is 17.9 Å². The van der Waals surface area contributed by atoms with E-state index >= 15 is 0 Å². The highest BCUT2D eigenvalue weighted by atomic mass is 35.5. The zero-order valence-electron chi connectivity index (χ0n) is 16.9. The SMILES string of the molecule is C[C@H](NC(=O)c1nccnc1C(N)=O)c1cc2cccc(Cl)c2c(=O)n1-c1ccccc1. The second-order valence-electron chi connectivity index (χ2n) is 7.06. The average Bonchev–Trinajstić information content (AvgIpc) is 2.79. The maximum absolute atomic E-state index is 13.5. The number of rotatable bonds is 5. The van der Waals surface area contributed by atoms with Crippen molar-refractivity contribution in [1.29, 1.82) is 0 Å². The molecule has 160 valence electrons. The summed E-state index contributed by atoms with van der Waals surface area (Å²) in [7, 11) is 0. The van der Waals surface area contributed by atoms with Gasteiger partial charge >= 0.3 is 0 Å². The molecule has 0 aliphatic heterocycles. The highest BCUT2D eigenvalue weighted by Crippen LogP contribution is 2.25. The van der Waals surface area contributed by atoms with Crippen LogP contribution in [0.15, 0.2) is 71.8 Å². The highest BCUT2D eigenvalue weighted by molar-refractivity contribution is 6.35. The van der Waals surface area contributed by atoms with Gasteiger partial charge in [0.1, 0.15) is 0 Å². The molecule has 0 spiro atoms. The lowest BCUT2D eigenvalue weighted by atomic mass is 10.1. The van der Waals surface area contributed by atoms with Gasteiger partial charge in [-0.3, -0.25) is 19.0 Å². The Bertz CT molecular complexity index is 1400. The Balaban J connectivity index is 1.84. The van der Waals surface area contributed by atoms with Crippen LogP contribution in [0.5, 0.6) is 0 Å². The molecular formula is C23H18ClN5O3. The summed E-state index contributed by atoms with van der Waals surface area (Å²) in [4.78, 5) is 45.7. The molecule has 0 saturated carbocycles. The Morgan fingerprint density at radius 3 is 2.41 bits per heavy atom. The van der Waals surface area contributed by atoms with E-state index in [9.17, 15) is 14.4 Å². The van der Waals surface area contributed by atoms with E-state index in [0.717, 1.165) is 0 Å². The first-order valence-electron chi connectivity index (χ1n) is 9.69. The summed E-state index contributed by atoms with van der Waals surface area (Å²) in [5.41, 5.74) is 5.72. The van der Waals surface area contributed by atoms with Crippen molar-refractivity contribution in [2.75, 3.05) is 0 Å². The summed E-state index contributed by atoms with van der Waals surface area (Å²) in [6, 6.07) is 15.4. The number of fused-ring (bicyclic) bond motifs is 1. The van der Waals surface area contributed by atoms with E-state index in [0.29, 0.717) is 27.2 Å². The number of hydrogen-bond donors (Lipinski definition) is 2. The van der Waals surface area contributed by atoms with Crippen LogP contribution in [0.3, 0.4) is 0 Å². The first kappa shape index (κ1) is 21.2. The van der Waals surface area contributed by atoms with Gasteiger partial charge in [-0.25, -0.2) is 9.97 Å². The molecule has 2 amide bonds. The van der Waals surface area contributed by atoms with Crippen LogP contribution in [0.4, 0.5) is 0 Å². The molecule has 0 saturated heterocycles. The zero-order valence-corrected chi connectivity index (χ0v) is 17.7. The molecule has 0 unspecified atom stereocenters. The Morgan fingerprint density at radius 1 is 1.03 bits per heavy atom. The molecule has 8 nitrogen and oxygen atoms in total. The molecule has 0 aliphatic rings. The highest BCUT2D eigenvalue weighted by Gasteiger charge is 2.23. The van der Waals surface area contributed by atoms with Gasteiger partial charge in [-0.2, -0.15) is 0 Å². The van der Waals surface area contributed by atoms with Gasteiger partial charge in [0.05, 0.1) is 16.5 Å². The summed E-state index contributed by atoms with van der Waals surface area (Å²) in [5, 5.41) is 4.14. The number of hydrogen-bond acceptors (Lipinski definition) is 5. The lowest BCUT2D eigenvalue weighted by Crippen LogP contribution is -2.34. The number of carbonyl (C=O) groups excluding carboxylic acids is 2. The normalized spacial score (nSPS) is 11.8. The maximum atomic E-state index is 13.5. The molecule has 0 aliphatic carbocycles. The third-order valence-corrected chi connectivity index (χ3v) is 5.29. The van der Waals surface area contributed by atoms with Crippen LogP contribution in [0.1, 0.15) is 39.6 Å². The van der Waals surface area contributed by atoms with Crippen LogP contribution >= 0.6 is 11.6 Å². The minimum atomic E-state index is -0.863. The molecule has 0 radical (unpaired) electrons. The third-order valence-electron chi connectivity index (χ3n) is 4.98. The number of halogens is 1. The fourth-order valence-corrected chi connectivity index (χ4v) is 3.79. The second-order valence-corrected chi connectivity index (χ2v) is 7.47. The van der Waals surface area contributed by atoms with E-state index in [1.165, 1.54) is 17.0 Å². The summed E-state index contributed by atoms with van der Waals surface area (Å²) >= 11 is 6.32. The van der Waals surface area contributed by atoms with Gasteiger partial charge < -0.3 is 11.1 Å². The first-order valence-corrected chi connectivity index (χ1v) is 10.1. The molecule has 2 heterocycles. The lowest BCUT2D eigenvalue weighted by Gasteiger charge is -2.21. The van der Waals surface area contributed by atoms with Crippen LogP contribution in [-0.2, 0) is 0 Å².